The molecule has 0 radical (unpaired) electrons. The van der Waals surface area contributed by atoms with Crippen LogP contribution in [-0.2, 0) is 16.0 Å². The summed E-state index contributed by atoms with van der Waals surface area (Å²) in [4.78, 5) is 26.4. The van der Waals surface area contributed by atoms with Gasteiger partial charge in [-0.25, -0.2) is 4.39 Å². The van der Waals surface area contributed by atoms with Crippen LogP contribution in [0.5, 0.6) is 0 Å². The van der Waals surface area contributed by atoms with Gasteiger partial charge in [0.15, 0.2) is 0 Å². The molecule has 1 atom stereocenters. The van der Waals surface area contributed by atoms with Gasteiger partial charge in [-0.3, -0.25) is 9.59 Å². The molecule has 0 bridgehead atoms. The zero-order chi connectivity index (χ0) is 19.9. The van der Waals surface area contributed by atoms with Gasteiger partial charge in [-0.15, -0.1) is 12.4 Å². The standard InChI is InChI=1S/C21H26FN3O3.ClH/c22-18-6-2-1-5-17(18)19-9-7-16(28-19)8-10-20(26)25-13-3-4-15(14-25)21(27)24-12-11-23;/h1-2,5-7,9,15H,3-4,8,10-14,23H2,(H,24,27);1H. The van der Waals surface area contributed by atoms with Crippen LogP contribution in [0.2, 0.25) is 0 Å². The van der Waals surface area contributed by atoms with Crippen molar-refractivity contribution < 1.29 is 18.4 Å². The van der Waals surface area contributed by atoms with Crippen LogP contribution in [0.4, 0.5) is 4.39 Å². The van der Waals surface area contributed by atoms with Crippen molar-refractivity contribution in [2.45, 2.75) is 25.7 Å². The molecule has 3 rings (SSSR count). The van der Waals surface area contributed by atoms with Gasteiger partial charge in [0.25, 0.3) is 0 Å². The number of nitrogens with one attached hydrogen (secondary N) is 1. The van der Waals surface area contributed by atoms with Crippen LogP contribution >= 0.6 is 12.4 Å². The van der Waals surface area contributed by atoms with E-state index >= 15 is 0 Å². The molecule has 8 heteroatoms. The average Bonchev–Trinajstić information content (AvgIpc) is 3.19. The highest BCUT2D eigenvalue weighted by Gasteiger charge is 2.28. The zero-order valence-corrected chi connectivity index (χ0v) is 17.1. The molecule has 1 aromatic heterocycles. The Morgan fingerprint density at radius 2 is 2.03 bits per heavy atom. The van der Waals surface area contributed by atoms with E-state index in [0.29, 0.717) is 56.1 Å². The minimum Gasteiger partial charge on any atom is -0.461 e. The van der Waals surface area contributed by atoms with Gasteiger partial charge in [0.1, 0.15) is 17.3 Å². The van der Waals surface area contributed by atoms with E-state index in [4.69, 9.17) is 10.2 Å². The van der Waals surface area contributed by atoms with Gasteiger partial charge in [-0.05, 0) is 37.1 Å². The lowest BCUT2D eigenvalue weighted by atomic mass is 9.96. The van der Waals surface area contributed by atoms with Crippen molar-refractivity contribution >= 4 is 24.2 Å². The number of halogens is 2. The highest BCUT2D eigenvalue weighted by atomic mass is 35.5. The SMILES string of the molecule is Cl.NCCNC(=O)C1CCCN(C(=O)CCc2ccc(-c3ccccc3F)o2)C1. The summed E-state index contributed by atoms with van der Waals surface area (Å²) < 4.78 is 19.6. The number of rotatable bonds is 7. The van der Waals surface area contributed by atoms with Crippen molar-refractivity contribution in [2.75, 3.05) is 26.2 Å². The van der Waals surface area contributed by atoms with E-state index in [0.717, 1.165) is 12.8 Å². The Labute approximate surface area is 176 Å². The van der Waals surface area contributed by atoms with Crippen molar-refractivity contribution in [1.29, 1.82) is 0 Å². The maximum Gasteiger partial charge on any atom is 0.224 e. The molecule has 2 heterocycles. The summed E-state index contributed by atoms with van der Waals surface area (Å²) in [6.07, 6.45) is 2.32. The Bertz CT molecular complexity index is 827. The van der Waals surface area contributed by atoms with Gasteiger partial charge >= 0.3 is 0 Å². The van der Waals surface area contributed by atoms with Crippen LogP contribution < -0.4 is 11.1 Å². The van der Waals surface area contributed by atoms with Gasteiger partial charge in [-0.2, -0.15) is 0 Å². The van der Waals surface area contributed by atoms with Gasteiger partial charge in [-0.1, -0.05) is 12.1 Å². The summed E-state index contributed by atoms with van der Waals surface area (Å²) in [6.45, 7) is 1.96. The molecule has 2 amide bonds. The third kappa shape index (κ3) is 6.05. The Hall–Kier alpha value is -2.38. The smallest absolute Gasteiger partial charge is 0.224 e. The van der Waals surface area contributed by atoms with E-state index < -0.39 is 0 Å². The minimum absolute atomic E-state index is 0. The number of nitrogens with two attached hydrogens (primary N) is 1. The lowest BCUT2D eigenvalue weighted by Gasteiger charge is -2.32. The molecule has 1 aromatic carbocycles. The molecule has 0 saturated carbocycles. The second kappa shape index (κ2) is 11.0. The third-order valence-corrected chi connectivity index (χ3v) is 4.97. The Morgan fingerprint density at radius 1 is 1.24 bits per heavy atom. The largest absolute Gasteiger partial charge is 0.461 e. The molecule has 3 N–H and O–H groups in total. The van der Waals surface area contributed by atoms with Crippen molar-refractivity contribution in [2.24, 2.45) is 11.7 Å². The fourth-order valence-corrected chi connectivity index (χ4v) is 3.46. The number of aryl methyl sites for hydroxylation is 1. The van der Waals surface area contributed by atoms with Crippen molar-refractivity contribution in [3.8, 4) is 11.3 Å². The van der Waals surface area contributed by atoms with E-state index in [1.54, 1.807) is 35.2 Å². The van der Waals surface area contributed by atoms with E-state index in [-0.39, 0.29) is 36.0 Å². The van der Waals surface area contributed by atoms with Crippen molar-refractivity contribution in [1.82, 2.24) is 10.2 Å². The summed E-state index contributed by atoms with van der Waals surface area (Å²) in [5, 5.41) is 2.79. The fourth-order valence-electron chi connectivity index (χ4n) is 3.46. The van der Waals surface area contributed by atoms with Crippen LogP contribution in [0.15, 0.2) is 40.8 Å². The van der Waals surface area contributed by atoms with E-state index in [1.807, 2.05) is 0 Å². The molecule has 1 aliphatic rings. The quantitative estimate of drug-likeness (QED) is 0.716. The maximum atomic E-state index is 13.9. The summed E-state index contributed by atoms with van der Waals surface area (Å²) in [6, 6.07) is 9.92. The van der Waals surface area contributed by atoms with E-state index in [1.165, 1.54) is 6.07 Å². The van der Waals surface area contributed by atoms with Crippen molar-refractivity contribution in [3.63, 3.8) is 0 Å². The molecular weight excluding hydrogens is 397 g/mol. The van der Waals surface area contributed by atoms with Crippen LogP contribution in [0, 0.1) is 11.7 Å². The molecule has 6 nitrogen and oxygen atoms in total. The van der Waals surface area contributed by atoms with Gasteiger partial charge in [0.2, 0.25) is 11.8 Å². The predicted molar refractivity (Wildman–Crippen MR) is 111 cm³/mol. The lowest BCUT2D eigenvalue weighted by molar-refractivity contribution is -0.135. The molecule has 1 aliphatic heterocycles. The topological polar surface area (TPSA) is 88.6 Å². The summed E-state index contributed by atoms with van der Waals surface area (Å²) >= 11 is 0. The molecule has 2 aromatic rings. The maximum absolute atomic E-state index is 13.9. The summed E-state index contributed by atoms with van der Waals surface area (Å²) in [5.41, 5.74) is 5.82. The molecule has 0 aliphatic carbocycles. The minimum atomic E-state index is -0.341. The second-order valence-corrected chi connectivity index (χ2v) is 7.00. The van der Waals surface area contributed by atoms with E-state index in [9.17, 15) is 14.0 Å². The molecule has 1 saturated heterocycles. The third-order valence-electron chi connectivity index (χ3n) is 4.97. The van der Waals surface area contributed by atoms with Gasteiger partial charge < -0.3 is 20.4 Å². The molecule has 29 heavy (non-hydrogen) atoms. The van der Waals surface area contributed by atoms with Crippen LogP contribution in [0.3, 0.4) is 0 Å². The molecule has 0 spiro atoms. The Morgan fingerprint density at radius 3 is 2.79 bits per heavy atom. The molecule has 158 valence electrons. The number of nitrogens with zero attached hydrogens (tertiary/aromatic N) is 1. The summed E-state index contributed by atoms with van der Waals surface area (Å²) in [7, 11) is 0. The summed E-state index contributed by atoms with van der Waals surface area (Å²) in [5.74, 6) is 0.534. The average molecular weight is 424 g/mol. The molecule has 1 unspecified atom stereocenters. The second-order valence-electron chi connectivity index (χ2n) is 7.00. The number of hydrogen-bond donors (Lipinski definition) is 2. The number of benzene rings is 1. The number of likely N-dealkylation sites (tertiary alicyclic amines) is 1. The number of furan rings is 1. The predicted octanol–water partition coefficient (Wildman–Crippen LogP) is 2.75. The number of piperidine rings is 1. The lowest BCUT2D eigenvalue weighted by Crippen LogP contribution is -2.46. The van der Waals surface area contributed by atoms with Crippen LogP contribution in [0.1, 0.15) is 25.0 Å². The Balaban J connectivity index is 0.00000300. The number of amides is 2. The van der Waals surface area contributed by atoms with Gasteiger partial charge in [0.05, 0.1) is 11.5 Å². The first-order valence-corrected chi connectivity index (χ1v) is 9.67. The van der Waals surface area contributed by atoms with Crippen LogP contribution in [0.25, 0.3) is 11.3 Å². The Kier molecular flexibility index (Phi) is 8.67. The highest BCUT2D eigenvalue weighted by molar-refractivity contribution is 5.85. The number of carbonyl (C=O) groups excluding carboxylic acids is 2. The van der Waals surface area contributed by atoms with Crippen molar-refractivity contribution in [3.05, 3.63) is 48.0 Å². The molecular formula is C21H27ClFN3O3. The number of carbonyl (C=O) groups is 2. The molecule has 1 fully saturated rings. The fraction of sp³-hybridized carbons (Fsp3) is 0.429. The first-order chi connectivity index (χ1) is 13.6. The normalized spacial score (nSPS) is 16.2. The first kappa shape index (κ1) is 22.9. The highest BCUT2D eigenvalue weighted by Crippen LogP contribution is 2.25. The van der Waals surface area contributed by atoms with Crippen LogP contribution in [-0.4, -0.2) is 42.9 Å². The van der Waals surface area contributed by atoms with Gasteiger partial charge in [0, 0.05) is 39.0 Å². The first-order valence-electron chi connectivity index (χ1n) is 9.67. The van der Waals surface area contributed by atoms with E-state index in [2.05, 4.69) is 5.32 Å². The monoisotopic (exact) mass is 423 g/mol. The zero-order valence-electron chi connectivity index (χ0n) is 16.2. The number of hydrogen-bond acceptors (Lipinski definition) is 4.